The lowest BCUT2D eigenvalue weighted by Crippen LogP contribution is -2.46. The number of carboxylic acids is 1. The van der Waals surface area contributed by atoms with E-state index < -0.39 is 17.9 Å². The summed E-state index contributed by atoms with van der Waals surface area (Å²) in [6, 6.07) is 4.77. The first-order valence-corrected chi connectivity index (χ1v) is 6.53. The van der Waals surface area contributed by atoms with Crippen molar-refractivity contribution in [2.45, 2.75) is 33.7 Å². The Labute approximate surface area is 118 Å². The van der Waals surface area contributed by atoms with Crippen LogP contribution in [0.4, 0.5) is 0 Å². The molecule has 1 aromatic rings. The Balaban J connectivity index is 2.56. The summed E-state index contributed by atoms with van der Waals surface area (Å²) in [5.74, 6) is -1.06. The Morgan fingerprint density at radius 2 is 1.75 bits per heavy atom. The number of carbonyl (C=O) groups is 2. The maximum atomic E-state index is 11.7. The van der Waals surface area contributed by atoms with E-state index in [4.69, 9.17) is 9.84 Å². The second kappa shape index (κ2) is 6.93. The second-order valence-electron chi connectivity index (χ2n) is 5.24. The number of carbonyl (C=O) groups excluding carboxylic acids is 1. The summed E-state index contributed by atoms with van der Waals surface area (Å²) >= 11 is 0. The van der Waals surface area contributed by atoms with Gasteiger partial charge in [-0.15, -0.1) is 0 Å². The van der Waals surface area contributed by atoms with Crippen LogP contribution < -0.4 is 10.1 Å². The van der Waals surface area contributed by atoms with E-state index in [2.05, 4.69) is 5.32 Å². The van der Waals surface area contributed by atoms with Crippen LogP contribution in [0, 0.1) is 19.8 Å². The molecule has 0 radical (unpaired) electrons. The summed E-state index contributed by atoms with van der Waals surface area (Å²) in [5.41, 5.74) is 2.09. The minimum atomic E-state index is -1.04. The topological polar surface area (TPSA) is 75.6 Å². The quantitative estimate of drug-likeness (QED) is 0.834. The third kappa shape index (κ3) is 4.91. The van der Waals surface area contributed by atoms with Crippen LogP contribution in [0.25, 0.3) is 0 Å². The Morgan fingerprint density at radius 3 is 2.20 bits per heavy atom. The molecule has 110 valence electrons. The fourth-order valence-corrected chi connectivity index (χ4v) is 1.89. The molecule has 0 aromatic heterocycles. The van der Waals surface area contributed by atoms with Crippen molar-refractivity contribution in [2.75, 3.05) is 6.61 Å². The first-order valence-electron chi connectivity index (χ1n) is 6.53. The van der Waals surface area contributed by atoms with Gasteiger partial charge in [0.15, 0.2) is 6.61 Å². The predicted octanol–water partition coefficient (Wildman–Crippen LogP) is 1.91. The molecule has 1 unspecified atom stereocenters. The van der Waals surface area contributed by atoms with Gasteiger partial charge in [-0.25, -0.2) is 4.79 Å². The molecule has 0 spiro atoms. The van der Waals surface area contributed by atoms with Gasteiger partial charge in [-0.1, -0.05) is 19.9 Å². The number of carboxylic acid groups (broad SMARTS) is 1. The molecule has 2 N–H and O–H groups in total. The van der Waals surface area contributed by atoms with Gasteiger partial charge in [0.2, 0.25) is 0 Å². The summed E-state index contributed by atoms with van der Waals surface area (Å²) in [4.78, 5) is 22.7. The lowest BCUT2D eigenvalue weighted by Gasteiger charge is -2.18. The molecule has 1 aromatic carbocycles. The van der Waals surface area contributed by atoms with Crippen molar-refractivity contribution >= 4 is 11.9 Å². The molecular formula is C15H21NO4. The van der Waals surface area contributed by atoms with Crippen molar-refractivity contribution in [3.8, 4) is 5.75 Å². The fourth-order valence-electron chi connectivity index (χ4n) is 1.89. The maximum absolute atomic E-state index is 11.7. The van der Waals surface area contributed by atoms with Crippen molar-refractivity contribution in [3.63, 3.8) is 0 Å². The number of rotatable bonds is 6. The molecular weight excluding hydrogens is 258 g/mol. The summed E-state index contributed by atoms with van der Waals surface area (Å²) in [6.45, 7) is 7.17. The lowest BCUT2D eigenvalue weighted by molar-refractivity contribution is -0.143. The predicted molar refractivity (Wildman–Crippen MR) is 75.8 cm³/mol. The third-order valence-corrected chi connectivity index (χ3v) is 2.81. The molecule has 1 rings (SSSR count). The first-order chi connectivity index (χ1) is 9.29. The van der Waals surface area contributed by atoms with Crippen molar-refractivity contribution in [3.05, 3.63) is 29.3 Å². The van der Waals surface area contributed by atoms with Gasteiger partial charge < -0.3 is 15.2 Å². The van der Waals surface area contributed by atoms with E-state index in [1.54, 1.807) is 13.8 Å². The zero-order chi connectivity index (χ0) is 15.3. The van der Waals surface area contributed by atoms with Crippen molar-refractivity contribution < 1.29 is 19.4 Å². The van der Waals surface area contributed by atoms with E-state index in [-0.39, 0.29) is 12.5 Å². The standard InChI is InChI=1S/C15H21NO4/c1-9(2)14(15(18)19)16-13(17)8-20-12-6-10(3)5-11(4)7-12/h5-7,9,14H,8H2,1-4H3,(H,16,17)(H,18,19). The van der Waals surface area contributed by atoms with Crippen LogP contribution in [0.3, 0.4) is 0 Å². The Bertz CT molecular complexity index is 476. The van der Waals surface area contributed by atoms with Gasteiger partial charge in [-0.3, -0.25) is 4.79 Å². The lowest BCUT2D eigenvalue weighted by atomic mass is 10.1. The minimum absolute atomic E-state index is 0.183. The van der Waals surface area contributed by atoms with Crippen LogP contribution in [-0.2, 0) is 9.59 Å². The van der Waals surface area contributed by atoms with Crippen LogP contribution in [0.15, 0.2) is 18.2 Å². The minimum Gasteiger partial charge on any atom is -0.484 e. The number of nitrogens with one attached hydrogen (secondary N) is 1. The average molecular weight is 279 g/mol. The van der Waals surface area contributed by atoms with Crippen molar-refractivity contribution in [1.82, 2.24) is 5.32 Å². The molecule has 0 heterocycles. The van der Waals surface area contributed by atoms with Gasteiger partial charge in [0.25, 0.3) is 5.91 Å². The molecule has 0 aliphatic rings. The van der Waals surface area contributed by atoms with Gasteiger partial charge >= 0.3 is 5.97 Å². The molecule has 0 saturated heterocycles. The number of ether oxygens (including phenoxy) is 1. The number of hydrogen-bond donors (Lipinski definition) is 2. The van der Waals surface area contributed by atoms with E-state index in [1.807, 2.05) is 32.0 Å². The van der Waals surface area contributed by atoms with Crippen LogP contribution in [0.2, 0.25) is 0 Å². The zero-order valence-corrected chi connectivity index (χ0v) is 12.3. The highest BCUT2D eigenvalue weighted by atomic mass is 16.5. The van der Waals surface area contributed by atoms with Gasteiger partial charge in [-0.05, 0) is 43.0 Å². The molecule has 0 bridgehead atoms. The van der Waals surface area contributed by atoms with Gasteiger partial charge in [-0.2, -0.15) is 0 Å². The van der Waals surface area contributed by atoms with Crippen LogP contribution in [0.1, 0.15) is 25.0 Å². The normalized spacial score (nSPS) is 12.1. The number of aliphatic carboxylic acids is 1. The molecule has 5 heteroatoms. The van der Waals surface area contributed by atoms with Crippen LogP contribution in [-0.4, -0.2) is 29.6 Å². The van der Waals surface area contributed by atoms with Gasteiger partial charge in [0.05, 0.1) is 0 Å². The highest BCUT2D eigenvalue weighted by molar-refractivity contribution is 5.84. The molecule has 0 aliphatic carbocycles. The largest absolute Gasteiger partial charge is 0.484 e. The number of hydrogen-bond acceptors (Lipinski definition) is 3. The Morgan fingerprint density at radius 1 is 1.20 bits per heavy atom. The number of aryl methyl sites for hydroxylation is 2. The van der Waals surface area contributed by atoms with E-state index in [9.17, 15) is 9.59 Å². The average Bonchev–Trinajstić information content (AvgIpc) is 2.31. The second-order valence-corrected chi connectivity index (χ2v) is 5.24. The summed E-state index contributed by atoms with van der Waals surface area (Å²) < 4.78 is 5.38. The van der Waals surface area contributed by atoms with Crippen molar-refractivity contribution in [2.24, 2.45) is 5.92 Å². The highest BCUT2D eigenvalue weighted by Gasteiger charge is 2.23. The molecule has 0 saturated carbocycles. The highest BCUT2D eigenvalue weighted by Crippen LogP contribution is 2.16. The fraction of sp³-hybridized carbons (Fsp3) is 0.467. The third-order valence-electron chi connectivity index (χ3n) is 2.81. The molecule has 5 nitrogen and oxygen atoms in total. The molecule has 20 heavy (non-hydrogen) atoms. The number of amides is 1. The SMILES string of the molecule is Cc1cc(C)cc(OCC(=O)NC(C(=O)O)C(C)C)c1. The molecule has 0 aliphatic heterocycles. The summed E-state index contributed by atoms with van der Waals surface area (Å²) in [5, 5.41) is 11.4. The smallest absolute Gasteiger partial charge is 0.326 e. The van der Waals surface area contributed by atoms with E-state index >= 15 is 0 Å². The molecule has 1 atom stereocenters. The Kier molecular flexibility index (Phi) is 5.55. The molecule has 0 fully saturated rings. The molecule has 1 amide bonds. The van der Waals surface area contributed by atoms with Crippen LogP contribution in [0.5, 0.6) is 5.75 Å². The monoisotopic (exact) mass is 279 g/mol. The van der Waals surface area contributed by atoms with Crippen LogP contribution >= 0.6 is 0 Å². The van der Waals surface area contributed by atoms with Gasteiger partial charge in [0, 0.05) is 0 Å². The zero-order valence-electron chi connectivity index (χ0n) is 12.3. The van der Waals surface area contributed by atoms with Gasteiger partial charge in [0.1, 0.15) is 11.8 Å². The van der Waals surface area contributed by atoms with E-state index in [0.29, 0.717) is 5.75 Å². The Hall–Kier alpha value is -2.04. The number of benzene rings is 1. The summed E-state index contributed by atoms with van der Waals surface area (Å²) in [6.07, 6.45) is 0. The summed E-state index contributed by atoms with van der Waals surface area (Å²) in [7, 11) is 0. The van der Waals surface area contributed by atoms with E-state index in [1.165, 1.54) is 0 Å². The van der Waals surface area contributed by atoms with Crippen molar-refractivity contribution in [1.29, 1.82) is 0 Å². The van der Waals surface area contributed by atoms with E-state index in [0.717, 1.165) is 11.1 Å². The first kappa shape index (κ1) is 16.0. The maximum Gasteiger partial charge on any atom is 0.326 e.